The van der Waals surface area contributed by atoms with Crippen molar-refractivity contribution in [3.05, 3.63) is 90.0 Å². The molecule has 4 aromatic rings. The molecule has 5 rings (SSSR count). The number of anilines is 1. The highest BCUT2D eigenvalue weighted by molar-refractivity contribution is 6.08. The standard InChI is InChI=1S/C26H22N2O3/c1-31-26(30)22-12-18(27-25(29)21-14-19(21)16-8-4-2-5-9-16)13-24-20(22)15-23(28-24)17-10-6-3-7-11-17/h2-13,15,19,21,28H,14H2,1H3,(H,27,29)/t19-,21+/m0/s1. The van der Waals surface area contributed by atoms with Crippen LogP contribution >= 0.6 is 0 Å². The van der Waals surface area contributed by atoms with Crippen LogP contribution in [0.15, 0.2) is 78.9 Å². The second-order valence-electron chi connectivity index (χ2n) is 7.87. The van der Waals surface area contributed by atoms with E-state index in [0.29, 0.717) is 11.3 Å². The Kier molecular flexibility index (Phi) is 4.79. The SMILES string of the molecule is COC(=O)c1cc(NC(=O)[C@@H]2C[C@H]2c2ccccc2)cc2[nH]c(-c3ccccc3)cc12. The minimum absolute atomic E-state index is 0.0288. The Balaban J connectivity index is 1.45. The second kappa shape index (κ2) is 7.76. The Morgan fingerprint density at radius 3 is 2.39 bits per heavy atom. The van der Waals surface area contributed by atoms with Crippen molar-refractivity contribution in [1.29, 1.82) is 0 Å². The van der Waals surface area contributed by atoms with Gasteiger partial charge in [0.2, 0.25) is 5.91 Å². The third-order valence-corrected chi connectivity index (χ3v) is 5.85. The van der Waals surface area contributed by atoms with Crippen molar-refractivity contribution in [2.45, 2.75) is 12.3 Å². The van der Waals surface area contributed by atoms with E-state index in [4.69, 9.17) is 4.74 Å². The fourth-order valence-electron chi connectivity index (χ4n) is 4.15. The Morgan fingerprint density at radius 1 is 0.968 bits per heavy atom. The van der Waals surface area contributed by atoms with E-state index >= 15 is 0 Å². The topological polar surface area (TPSA) is 71.2 Å². The third-order valence-electron chi connectivity index (χ3n) is 5.85. The molecule has 5 nitrogen and oxygen atoms in total. The summed E-state index contributed by atoms with van der Waals surface area (Å²) < 4.78 is 4.99. The van der Waals surface area contributed by atoms with Gasteiger partial charge in [-0.15, -0.1) is 0 Å². The molecular formula is C26H22N2O3. The number of nitrogens with one attached hydrogen (secondary N) is 2. The summed E-state index contributed by atoms with van der Waals surface area (Å²) in [5.74, 6) is -0.268. The van der Waals surface area contributed by atoms with Gasteiger partial charge >= 0.3 is 5.97 Å². The molecule has 2 N–H and O–H groups in total. The third kappa shape index (κ3) is 3.70. The average Bonchev–Trinajstić information content (AvgIpc) is 3.51. The summed E-state index contributed by atoms with van der Waals surface area (Å²) in [5, 5.41) is 3.76. The average molecular weight is 410 g/mol. The van der Waals surface area contributed by atoms with Crippen molar-refractivity contribution in [2.75, 3.05) is 12.4 Å². The maximum absolute atomic E-state index is 12.8. The molecule has 0 radical (unpaired) electrons. The van der Waals surface area contributed by atoms with Crippen LogP contribution in [0.1, 0.15) is 28.3 Å². The molecule has 31 heavy (non-hydrogen) atoms. The van der Waals surface area contributed by atoms with Gasteiger partial charge in [-0.05, 0) is 41.7 Å². The van der Waals surface area contributed by atoms with Crippen molar-refractivity contribution in [3.8, 4) is 11.3 Å². The van der Waals surface area contributed by atoms with Crippen LogP contribution in [0, 0.1) is 5.92 Å². The maximum Gasteiger partial charge on any atom is 0.338 e. The van der Waals surface area contributed by atoms with Gasteiger partial charge in [0, 0.05) is 28.2 Å². The van der Waals surface area contributed by atoms with Crippen LogP contribution in [0.5, 0.6) is 0 Å². The van der Waals surface area contributed by atoms with Gasteiger partial charge in [-0.25, -0.2) is 4.79 Å². The van der Waals surface area contributed by atoms with Crippen molar-refractivity contribution >= 4 is 28.5 Å². The van der Waals surface area contributed by atoms with E-state index in [2.05, 4.69) is 22.4 Å². The Hall–Kier alpha value is -3.86. The lowest BCUT2D eigenvalue weighted by Crippen LogP contribution is -2.15. The minimum atomic E-state index is -0.437. The second-order valence-corrected chi connectivity index (χ2v) is 7.87. The molecule has 5 heteroatoms. The number of methoxy groups -OCH3 is 1. The van der Waals surface area contributed by atoms with Crippen LogP contribution in [-0.4, -0.2) is 24.0 Å². The van der Waals surface area contributed by atoms with E-state index in [1.54, 1.807) is 6.07 Å². The molecule has 1 fully saturated rings. The van der Waals surface area contributed by atoms with Crippen LogP contribution in [0.25, 0.3) is 22.2 Å². The number of fused-ring (bicyclic) bond motifs is 1. The first-order valence-electron chi connectivity index (χ1n) is 10.3. The summed E-state index contributed by atoms with van der Waals surface area (Å²) in [6, 6.07) is 25.5. The molecule has 1 aliphatic carbocycles. The van der Waals surface area contributed by atoms with Crippen LogP contribution in [-0.2, 0) is 9.53 Å². The highest BCUT2D eigenvalue weighted by Gasteiger charge is 2.43. The highest BCUT2D eigenvalue weighted by atomic mass is 16.5. The summed E-state index contributed by atoms with van der Waals surface area (Å²) in [5.41, 5.74) is 4.87. The molecule has 1 heterocycles. The first-order valence-corrected chi connectivity index (χ1v) is 10.3. The van der Waals surface area contributed by atoms with E-state index < -0.39 is 5.97 Å². The summed E-state index contributed by atoms with van der Waals surface area (Å²) in [6.45, 7) is 0. The zero-order valence-corrected chi connectivity index (χ0v) is 17.1. The highest BCUT2D eigenvalue weighted by Crippen LogP contribution is 2.48. The number of aromatic amines is 1. The Labute approximate surface area is 180 Å². The molecular weight excluding hydrogens is 388 g/mol. The summed E-state index contributed by atoms with van der Waals surface area (Å²) >= 11 is 0. The van der Waals surface area contributed by atoms with E-state index in [1.165, 1.54) is 12.7 Å². The molecule has 154 valence electrons. The molecule has 0 unspecified atom stereocenters. The van der Waals surface area contributed by atoms with Crippen molar-refractivity contribution in [2.24, 2.45) is 5.92 Å². The first-order chi connectivity index (χ1) is 15.1. The summed E-state index contributed by atoms with van der Waals surface area (Å²) in [7, 11) is 1.36. The molecule has 0 saturated heterocycles. The number of amides is 1. The minimum Gasteiger partial charge on any atom is -0.465 e. The van der Waals surface area contributed by atoms with Crippen molar-refractivity contribution in [3.63, 3.8) is 0 Å². The van der Waals surface area contributed by atoms with Gasteiger partial charge in [0.15, 0.2) is 0 Å². The number of esters is 1. The normalized spacial score (nSPS) is 17.3. The number of benzene rings is 3. The van der Waals surface area contributed by atoms with Gasteiger partial charge in [0.05, 0.1) is 12.7 Å². The number of rotatable bonds is 5. The maximum atomic E-state index is 12.8. The molecule has 1 aromatic heterocycles. The van der Waals surface area contributed by atoms with E-state index in [0.717, 1.165) is 28.6 Å². The van der Waals surface area contributed by atoms with Gasteiger partial charge in [0.25, 0.3) is 0 Å². The molecule has 0 bridgehead atoms. The van der Waals surface area contributed by atoms with Crippen LogP contribution in [0.3, 0.4) is 0 Å². The number of H-pyrrole nitrogens is 1. The Morgan fingerprint density at radius 2 is 1.68 bits per heavy atom. The largest absolute Gasteiger partial charge is 0.465 e. The molecule has 1 saturated carbocycles. The predicted octanol–water partition coefficient (Wildman–Crippen LogP) is 5.36. The summed E-state index contributed by atoms with van der Waals surface area (Å²) in [6.07, 6.45) is 0.836. The van der Waals surface area contributed by atoms with E-state index in [-0.39, 0.29) is 17.7 Å². The first kappa shape index (κ1) is 19.1. The van der Waals surface area contributed by atoms with Crippen LogP contribution < -0.4 is 5.32 Å². The fraction of sp³-hybridized carbons (Fsp3) is 0.154. The molecule has 3 aromatic carbocycles. The van der Waals surface area contributed by atoms with Crippen LogP contribution in [0.2, 0.25) is 0 Å². The number of hydrogen-bond donors (Lipinski definition) is 2. The van der Waals surface area contributed by atoms with Crippen molar-refractivity contribution in [1.82, 2.24) is 4.98 Å². The fourth-order valence-corrected chi connectivity index (χ4v) is 4.15. The Bertz CT molecular complexity index is 1260. The predicted molar refractivity (Wildman–Crippen MR) is 121 cm³/mol. The van der Waals surface area contributed by atoms with Gasteiger partial charge in [0.1, 0.15) is 0 Å². The molecule has 1 aliphatic rings. The van der Waals surface area contributed by atoms with Crippen LogP contribution in [0.4, 0.5) is 5.69 Å². The lowest BCUT2D eigenvalue weighted by atomic mass is 10.1. The molecule has 1 amide bonds. The summed E-state index contributed by atoms with van der Waals surface area (Å²) in [4.78, 5) is 28.6. The monoisotopic (exact) mass is 410 g/mol. The van der Waals surface area contributed by atoms with Gasteiger partial charge < -0.3 is 15.0 Å². The smallest absolute Gasteiger partial charge is 0.338 e. The van der Waals surface area contributed by atoms with Crippen molar-refractivity contribution < 1.29 is 14.3 Å². The zero-order chi connectivity index (χ0) is 21.4. The van der Waals surface area contributed by atoms with E-state index in [1.807, 2.05) is 60.7 Å². The van der Waals surface area contributed by atoms with Gasteiger partial charge in [-0.3, -0.25) is 4.79 Å². The number of hydrogen-bond acceptors (Lipinski definition) is 3. The number of ether oxygens (including phenoxy) is 1. The number of carbonyl (C=O) groups excluding carboxylic acids is 2. The zero-order valence-electron chi connectivity index (χ0n) is 17.1. The lowest BCUT2D eigenvalue weighted by Gasteiger charge is -2.08. The number of carbonyl (C=O) groups is 2. The molecule has 0 aliphatic heterocycles. The lowest BCUT2D eigenvalue weighted by molar-refractivity contribution is -0.117. The molecule has 0 spiro atoms. The quantitative estimate of drug-likeness (QED) is 0.435. The van der Waals surface area contributed by atoms with E-state index in [9.17, 15) is 9.59 Å². The van der Waals surface area contributed by atoms with Gasteiger partial charge in [-0.1, -0.05) is 60.7 Å². The van der Waals surface area contributed by atoms with Gasteiger partial charge in [-0.2, -0.15) is 0 Å². The number of aromatic nitrogens is 1. The molecule has 2 atom stereocenters.